The van der Waals surface area contributed by atoms with Crippen LogP contribution in [0.3, 0.4) is 0 Å². The normalized spacial score (nSPS) is 10.6. The molecule has 1 amide bonds. The first kappa shape index (κ1) is 20.9. The Bertz CT molecular complexity index is 280. The van der Waals surface area contributed by atoms with Gasteiger partial charge in [-0.1, -0.05) is 64.7 Å². The van der Waals surface area contributed by atoms with E-state index in [2.05, 4.69) is 12.2 Å². The van der Waals surface area contributed by atoms with Crippen LogP contribution in [0.15, 0.2) is 0 Å². The van der Waals surface area contributed by atoms with Gasteiger partial charge in [0.2, 0.25) is 5.91 Å². The Morgan fingerprint density at radius 1 is 0.727 bits per heavy atom. The van der Waals surface area contributed by atoms with E-state index >= 15 is 0 Å². The summed E-state index contributed by atoms with van der Waals surface area (Å²) in [4.78, 5) is 21.9. The monoisotopic (exact) mass is 313 g/mol. The van der Waals surface area contributed by atoms with E-state index < -0.39 is 5.97 Å². The summed E-state index contributed by atoms with van der Waals surface area (Å²) in [5.41, 5.74) is 0. The first-order valence-corrected chi connectivity index (χ1v) is 9.15. The van der Waals surface area contributed by atoms with Crippen LogP contribution in [-0.4, -0.2) is 23.5 Å². The fourth-order valence-electron chi connectivity index (χ4n) is 2.49. The van der Waals surface area contributed by atoms with Crippen LogP contribution in [0, 0.1) is 0 Å². The molecule has 0 saturated carbocycles. The third-order valence-corrected chi connectivity index (χ3v) is 3.90. The summed E-state index contributed by atoms with van der Waals surface area (Å²) >= 11 is 0. The Hall–Kier alpha value is -1.06. The van der Waals surface area contributed by atoms with E-state index in [-0.39, 0.29) is 12.3 Å². The number of hydrogen-bond acceptors (Lipinski definition) is 2. The molecule has 0 bridgehead atoms. The van der Waals surface area contributed by atoms with E-state index in [1.165, 1.54) is 38.5 Å². The molecule has 0 rings (SSSR count). The smallest absolute Gasteiger partial charge is 0.303 e. The maximum atomic E-state index is 11.6. The van der Waals surface area contributed by atoms with Crippen molar-refractivity contribution in [2.75, 3.05) is 6.54 Å². The average Bonchev–Trinajstić information content (AvgIpc) is 2.48. The first-order chi connectivity index (χ1) is 10.7. The molecule has 0 aliphatic heterocycles. The van der Waals surface area contributed by atoms with Gasteiger partial charge < -0.3 is 10.4 Å². The predicted molar refractivity (Wildman–Crippen MR) is 91.0 cm³/mol. The topological polar surface area (TPSA) is 66.4 Å². The highest BCUT2D eigenvalue weighted by atomic mass is 16.4. The molecule has 0 radical (unpaired) electrons. The summed E-state index contributed by atoms with van der Waals surface area (Å²) in [5.74, 6) is -0.530. The lowest BCUT2D eigenvalue weighted by molar-refractivity contribution is -0.137. The highest BCUT2D eigenvalue weighted by Crippen LogP contribution is 2.08. The zero-order chi connectivity index (χ0) is 16.5. The van der Waals surface area contributed by atoms with Crippen LogP contribution >= 0.6 is 0 Å². The van der Waals surface area contributed by atoms with Crippen molar-refractivity contribution >= 4 is 11.9 Å². The molecule has 0 unspecified atom stereocenters. The van der Waals surface area contributed by atoms with Crippen molar-refractivity contribution in [3.05, 3.63) is 0 Å². The Labute approximate surface area is 136 Å². The van der Waals surface area contributed by atoms with Crippen molar-refractivity contribution in [2.45, 2.75) is 96.8 Å². The van der Waals surface area contributed by atoms with Gasteiger partial charge in [-0.05, 0) is 19.3 Å². The highest BCUT2D eigenvalue weighted by Gasteiger charge is 2.01. The van der Waals surface area contributed by atoms with Gasteiger partial charge in [0.05, 0.1) is 0 Å². The van der Waals surface area contributed by atoms with E-state index in [0.717, 1.165) is 45.1 Å². The quantitative estimate of drug-likeness (QED) is 0.407. The van der Waals surface area contributed by atoms with Crippen LogP contribution in [0.25, 0.3) is 0 Å². The molecular formula is C18H35NO3. The Morgan fingerprint density at radius 2 is 1.23 bits per heavy atom. The number of nitrogens with one attached hydrogen (secondary N) is 1. The summed E-state index contributed by atoms with van der Waals surface area (Å²) in [5, 5.41) is 11.5. The number of carbonyl (C=O) groups is 2. The van der Waals surface area contributed by atoms with Crippen LogP contribution in [-0.2, 0) is 9.59 Å². The minimum Gasteiger partial charge on any atom is -0.481 e. The molecule has 0 aliphatic rings. The molecule has 0 aliphatic carbocycles. The van der Waals surface area contributed by atoms with Gasteiger partial charge in [-0.15, -0.1) is 0 Å². The van der Waals surface area contributed by atoms with Gasteiger partial charge in [0.1, 0.15) is 0 Å². The molecule has 0 saturated heterocycles. The Kier molecular flexibility index (Phi) is 15.5. The SMILES string of the molecule is CCCCCCCCCC(=O)NCCCCCCCC(=O)O. The van der Waals surface area contributed by atoms with Crippen molar-refractivity contribution < 1.29 is 14.7 Å². The van der Waals surface area contributed by atoms with Crippen molar-refractivity contribution in [3.8, 4) is 0 Å². The minimum atomic E-state index is -0.711. The van der Waals surface area contributed by atoms with E-state index in [4.69, 9.17) is 5.11 Å². The summed E-state index contributed by atoms with van der Waals surface area (Å²) in [6.07, 6.45) is 14.5. The van der Waals surface area contributed by atoms with Gasteiger partial charge in [-0.2, -0.15) is 0 Å². The fourth-order valence-corrected chi connectivity index (χ4v) is 2.49. The van der Waals surface area contributed by atoms with Gasteiger partial charge in [0.15, 0.2) is 0 Å². The highest BCUT2D eigenvalue weighted by molar-refractivity contribution is 5.75. The van der Waals surface area contributed by atoms with E-state index in [0.29, 0.717) is 6.42 Å². The Balaban J connectivity index is 3.17. The maximum absolute atomic E-state index is 11.6. The van der Waals surface area contributed by atoms with Gasteiger partial charge in [-0.25, -0.2) is 0 Å². The summed E-state index contributed by atoms with van der Waals surface area (Å²) in [6.45, 7) is 2.98. The van der Waals surface area contributed by atoms with E-state index in [9.17, 15) is 9.59 Å². The molecule has 0 heterocycles. The molecule has 4 heteroatoms. The van der Waals surface area contributed by atoms with Gasteiger partial charge in [0, 0.05) is 19.4 Å². The molecule has 22 heavy (non-hydrogen) atoms. The zero-order valence-corrected chi connectivity index (χ0v) is 14.4. The number of aliphatic carboxylic acids is 1. The second-order valence-corrected chi connectivity index (χ2v) is 6.13. The number of carboxylic acid groups (broad SMARTS) is 1. The van der Waals surface area contributed by atoms with E-state index in [1.807, 2.05) is 0 Å². The molecule has 0 aromatic rings. The summed E-state index contributed by atoms with van der Waals surface area (Å²) in [7, 11) is 0. The maximum Gasteiger partial charge on any atom is 0.303 e. The zero-order valence-electron chi connectivity index (χ0n) is 14.4. The number of carboxylic acids is 1. The lowest BCUT2D eigenvalue weighted by Crippen LogP contribution is -2.23. The molecule has 4 nitrogen and oxygen atoms in total. The van der Waals surface area contributed by atoms with Crippen LogP contribution < -0.4 is 5.32 Å². The van der Waals surface area contributed by atoms with Crippen molar-refractivity contribution in [2.24, 2.45) is 0 Å². The minimum absolute atomic E-state index is 0.180. The molecule has 2 N–H and O–H groups in total. The fraction of sp³-hybridized carbons (Fsp3) is 0.889. The van der Waals surface area contributed by atoms with Gasteiger partial charge >= 0.3 is 5.97 Å². The van der Waals surface area contributed by atoms with Crippen molar-refractivity contribution in [3.63, 3.8) is 0 Å². The van der Waals surface area contributed by atoms with Crippen molar-refractivity contribution in [1.29, 1.82) is 0 Å². The van der Waals surface area contributed by atoms with Crippen LogP contribution in [0.2, 0.25) is 0 Å². The van der Waals surface area contributed by atoms with Crippen LogP contribution in [0.1, 0.15) is 96.8 Å². The standard InChI is InChI=1S/C18H35NO3/c1-2-3-4-5-6-8-11-14-17(20)19-16-13-10-7-9-12-15-18(21)22/h2-16H2,1H3,(H,19,20)(H,21,22). The number of amides is 1. The molecular weight excluding hydrogens is 278 g/mol. The van der Waals surface area contributed by atoms with Crippen LogP contribution in [0.4, 0.5) is 0 Å². The Morgan fingerprint density at radius 3 is 1.82 bits per heavy atom. The lowest BCUT2D eigenvalue weighted by atomic mass is 10.1. The number of hydrogen-bond donors (Lipinski definition) is 2. The third-order valence-electron chi connectivity index (χ3n) is 3.90. The second kappa shape index (κ2) is 16.3. The van der Waals surface area contributed by atoms with Gasteiger partial charge in [0.25, 0.3) is 0 Å². The molecule has 130 valence electrons. The molecule has 0 aromatic carbocycles. The number of rotatable bonds is 16. The number of carbonyl (C=O) groups excluding carboxylic acids is 1. The predicted octanol–water partition coefficient (Wildman–Crippen LogP) is 4.67. The third kappa shape index (κ3) is 17.0. The van der Waals surface area contributed by atoms with E-state index in [1.54, 1.807) is 0 Å². The number of unbranched alkanes of at least 4 members (excludes halogenated alkanes) is 10. The van der Waals surface area contributed by atoms with Crippen LogP contribution in [0.5, 0.6) is 0 Å². The molecule has 0 aromatic heterocycles. The summed E-state index contributed by atoms with van der Waals surface area (Å²) in [6, 6.07) is 0. The molecule has 0 atom stereocenters. The average molecular weight is 313 g/mol. The molecule has 0 spiro atoms. The molecule has 0 fully saturated rings. The first-order valence-electron chi connectivity index (χ1n) is 9.15. The largest absolute Gasteiger partial charge is 0.481 e. The van der Waals surface area contributed by atoms with Gasteiger partial charge in [-0.3, -0.25) is 9.59 Å². The van der Waals surface area contributed by atoms with Crippen molar-refractivity contribution in [1.82, 2.24) is 5.32 Å². The lowest BCUT2D eigenvalue weighted by Gasteiger charge is -2.05. The summed E-state index contributed by atoms with van der Waals surface area (Å²) < 4.78 is 0. The second-order valence-electron chi connectivity index (χ2n) is 6.13.